The first kappa shape index (κ1) is 17.6. The van der Waals surface area contributed by atoms with Crippen LogP contribution in [0.15, 0.2) is 6.20 Å². The van der Waals surface area contributed by atoms with Crippen LogP contribution in [0.4, 0.5) is 5.13 Å². The fraction of sp³-hybridized carbons (Fsp3) is 0.765. The van der Waals surface area contributed by atoms with Crippen LogP contribution < -0.4 is 4.90 Å². The largest absolute Gasteiger partial charge is 0.354 e. The van der Waals surface area contributed by atoms with Gasteiger partial charge in [-0.1, -0.05) is 0 Å². The molecule has 24 heavy (non-hydrogen) atoms. The standard InChI is InChI=1S/C17H29N5OS/c1-19(2)16-18-11-14(24-16)12-22-10-9-21(4)17(13-22)6-5-15(23)20(3)8-7-17/h11H,5-10,12-13H2,1-4H3/t17-/m1/s1. The van der Waals surface area contributed by atoms with E-state index in [2.05, 4.69) is 26.7 Å². The minimum atomic E-state index is 0.133. The SMILES string of the molecule is CN1CC[C@]2(CCC1=O)CN(Cc1cnc(N(C)C)s1)CCN2C. The minimum Gasteiger partial charge on any atom is -0.354 e. The lowest BCUT2D eigenvalue weighted by atomic mass is 9.86. The predicted octanol–water partition coefficient (Wildman–Crippen LogP) is 1.34. The van der Waals surface area contributed by atoms with E-state index in [9.17, 15) is 4.79 Å². The molecule has 1 amide bonds. The molecule has 0 bridgehead atoms. The minimum absolute atomic E-state index is 0.133. The average molecular weight is 352 g/mol. The normalized spacial score (nSPS) is 26.8. The molecule has 3 heterocycles. The molecule has 0 aliphatic carbocycles. The van der Waals surface area contributed by atoms with Crippen LogP contribution in [0, 0.1) is 0 Å². The molecule has 1 atom stereocenters. The summed E-state index contributed by atoms with van der Waals surface area (Å²) in [5, 5.41) is 1.07. The summed E-state index contributed by atoms with van der Waals surface area (Å²) in [6.45, 7) is 5.02. The Bertz CT molecular complexity index is 589. The maximum Gasteiger partial charge on any atom is 0.222 e. The topological polar surface area (TPSA) is 42.9 Å². The zero-order valence-corrected chi connectivity index (χ0v) is 16.1. The molecule has 2 aliphatic heterocycles. The molecule has 1 aromatic rings. The number of hydrogen-bond donors (Lipinski definition) is 0. The maximum atomic E-state index is 12.1. The molecule has 3 rings (SSSR count). The Labute approximate surface area is 149 Å². The van der Waals surface area contributed by atoms with Gasteiger partial charge in [-0.3, -0.25) is 14.6 Å². The number of carbonyl (C=O) groups is 1. The molecule has 2 aliphatic rings. The summed E-state index contributed by atoms with van der Waals surface area (Å²) in [5.41, 5.74) is 0.133. The van der Waals surface area contributed by atoms with E-state index in [-0.39, 0.29) is 11.4 Å². The Hall–Kier alpha value is -1.18. The van der Waals surface area contributed by atoms with Crippen LogP contribution in [-0.4, -0.2) is 85.5 Å². The Kier molecular flexibility index (Phi) is 5.13. The average Bonchev–Trinajstić information content (AvgIpc) is 2.97. The molecule has 1 spiro atoms. The Morgan fingerprint density at radius 1 is 1.25 bits per heavy atom. The molecule has 1 aromatic heterocycles. The first-order valence-electron chi connectivity index (χ1n) is 8.69. The van der Waals surface area contributed by atoms with Gasteiger partial charge in [-0.15, -0.1) is 11.3 Å². The van der Waals surface area contributed by atoms with Crippen molar-refractivity contribution < 1.29 is 4.79 Å². The van der Waals surface area contributed by atoms with Crippen molar-refractivity contribution in [3.8, 4) is 0 Å². The number of amides is 1. The number of hydrogen-bond acceptors (Lipinski definition) is 6. The quantitative estimate of drug-likeness (QED) is 0.822. The summed E-state index contributed by atoms with van der Waals surface area (Å²) in [5.74, 6) is 0.287. The Morgan fingerprint density at radius 3 is 2.75 bits per heavy atom. The summed E-state index contributed by atoms with van der Waals surface area (Å²) < 4.78 is 0. The van der Waals surface area contributed by atoms with Crippen molar-refractivity contribution in [2.45, 2.75) is 31.3 Å². The fourth-order valence-electron chi connectivity index (χ4n) is 3.77. The highest BCUT2D eigenvalue weighted by Crippen LogP contribution is 2.33. The van der Waals surface area contributed by atoms with Crippen molar-refractivity contribution in [3.05, 3.63) is 11.1 Å². The van der Waals surface area contributed by atoms with Gasteiger partial charge >= 0.3 is 0 Å². The van der Waals surface area contributed by atoms with Crippen molar-refractivity contribution in [2.24, 2.45) is 0 Å². The molecule has 2 saturated heterocycles. The first-order valence-corrected chi connectivity index (χ1v) is 9.51. The molecule has 134 valence electrons. The van der Waals surface area contributed by atoms with Crippen LogP contribution in [0.5, 0.6) is 0 Å². The number of anilines is 1. The van der Waals surface area contributed by atoms with Gasteiger partial charge in [0, 0.05) is 76.9 Å². The number of piperazine rings is 1. The van der Waals surface area contributed by atoms with Gasteiger partial charge in [0.2, 0.25) is 5.91 Å². The monoisotopic (exact) mass is 351 g/mol. The number of carbonyl (C=O) groups excluding carboxylic acids is 1. The predicted molar refractivity (Wildman–Crippen MR) is 98.6 cm³/mol. The number of likely N-dealkylation sites (tertiary alicyclic amines) is 1. The molecule has 0 radical (unpaired) electrons. The van der Waals surface area contributed by atoms with Gasteiger partial charge < -0.3 is 9.80 Å². The Balaban J connectivity index is 1.69. The summed E-state index contributed by atoms with van der Waals surface area (Å²) in [6.07, 6.45) is 4.71. The molecular weight excluding hydrogens is 322 g/mol. The Morgan fingerprint density at radius 2 is 2.04 bits per heavy atom. The lowest BCUT2D eigenvalue weighted by Gasteiger charge is -2.49. The van der Waals surface area contributed by atoms with Gasteiger partial charge in [-0.05, 0) is 19.9 Å². The number of thiazole rings is 1. The molecular formula is C17H29N5OS. The third-order valence-electron chi connectivity index (χ3n) is 5.53. The van der Waals surface area contributed by atoms with E-state index in [4.69, 9.17) is 0 Å². The lowest BCUT2D eigenvalue weighted by Crippen LogP contribution is -2.60. The zero-order valence-electron chi connectivity index (χ0n) is 15.3. The maximum absolute atomic E-state index is 12.1. The van der Waals surface area contributed by atoms with Gasteiger partial charge in [0.05, 0.1) is 0 Å². The zero-order chi connectivity index (χ0) is 17.3. The van der Waals surface area contributed by atoms with E-state index < -0.39 is 0 Å². The van der Waals surface area contributed by atoms with Gasteiger partial charge in [0.25, 0.3) is 0 Å². The van der Waals surface area contributed by atoms with Gasteiger partial charge in [0.15, 0.2) is 5.13 Å². The van der Waals surface area contributed by atoms with Crippen molar-refractivity contribution in [1.29, 1.82) is 0 Å². The second kappa shape index (κ2) is 6.98. The molecule has 0 aromatic carbocycles. The summed E-state index contributed by atoms with van der Waals surface area (Å²) in [4.78, 5) is 26.9. The lowest BCUT2D eigenvalue weighted by molar-refractivity contribution is -0.129. The number of rotatable bonds is 3. The molecule has 0 saturated carbocycles. The molecule has 2 fully saturated rings. The second-order valence-electron chi connectivity index (χ2n) is 7.43. The third kappa shape index (κ3) is 3.58. The van der Waals surface area contributed by atoms with E-state index in [0.29, 0.717) is 6.42 Å². The van der Waals surface area contributed by atoms with E-state index in [1.54, 1.807) is 11.3 Å². The number of likely N-dealkylation sites (N-methyl/N-ethyl adjacent to an activating group) is 1. The molecule has 0 N–H and O–H groups in total. The number of aromatic nitrogens is 1. The van der Waals surface area contributed by atoms with E-state index in [1.807, 2.05) is 32.2 Å². The van der Waals surface area contributed by atoms with Crippen molar-refractivity contribution in [2.75, 3.05) is 59.3 Å². The van der Waals surface area contributed by atoms with Crippen LogP contribution >= 0.6 is 11.3 Å². The highest BCUT2D eigenvalue weighted by atomic mass is 32.1. The second-order valence-corrected chi connectivity index (χ2v) is 8.52. The van der Waals surface area contributed by atoms with Crippen LogP contribution in [0.1, 0.15) is 24.1 Å². The van der Waals surface area contributed by atoms with E-state index >= 15 is 0 Å². The van der Waals surface area contributed by atoms with Gasteiger partial charge in [-0.25, -0.2) is 4.98 Å². The molecule has 0 unspecified atom stereocenters. The van der Waals surface area contributed by atoms with Crippen LogP contribution in [0.3, 0.4) is 0 Å². The van der Waals surface area contributed by atoms with Crippen molar-refractivity contribution in [1.82, 2.24) is 19.7 Å². The summed E-state index contributed by atoms with van der Waals surface area (Å²) in [7, 11) is 8.23. The van der Waals surface area contributed by atoms with Crippen LogP contribution in [0.25, 0.3) is 0 Å². The van der Waals surface area contributed by atoms with Crippen LogP contribution in [-0.2, 0) is 11.3 Å². The van der Waals surface area contributed by atoms with E-state index in [1.165, 1.54) is 4.88 Å². The summed E-state index contributed by atoms with van der Waals surface area (Å²) >= 11 is 1.77. The van der Waals surface area contributed by atoms with Crippen molar-refractivity contribution in [3.63, 3.8) is 0 Å². The number of nitrogens with zero attached hydrogens (tertiary/aromatic N) is 5. The highest BCUT2D eigenvalue weighted by molar-refractivity contribution is 7.15. The highest BCUT2D eigenvalue weighted by Gasteiger charge is 2.41. The first-order chi connectivity index (χ1) is 11.4. The van der Waals surface area contributed by atoms with Gasteiger partial charge in [0.1, 0.15) is 0 Å². The smallest absolute Gasteiger partial charge is 0.222 e. The van der Waals surface area contributed by atoms with Gasteiger partial charge in [-0.2, -0.15) is 0 Å². The molecule has 7 heteroatoms. The van der Waals surface area contributed by atoms with Crippen molar-refractivity contribution >= 4 is 22.4 Å². The summed E-state index contributed by atoms with van der Waals surface area (Å²) in [6, 6.07) is 0. The molecule has 6 nitrogen and oxygen atoms in total. The van der Waals surface area contributed by atoms with Crippen LogP contribution in [0.2, 0.25) is 0 Å². The third-order valence-corrected chi connectivity index (χ3v) is 6.68. The fourth-order valence-corrected chi connectivity index (χ4v) is 4.65. The van der Waals surface area contributed by atoms with E-state index in [0.717, 1.165) is 50.7 Å².